The van der Waals surface area contributed by atoms with E-state index in [9.17, 15) is 18.0 Å². The van der Waals surface area contributed by atoms with E-state index in [1.807, 2.05) is 0 Å². The van der Waals surface area contributed by atoms with Crippen LogP contribution >= 0.6 is 0 Å². The number of benzene rings is 1. The Balaban J connectivity index is 2.59. The normalized spacial score (nSPS) is 11.6. The fourth-order valence-corrected chi connectivity index (χ4v) is 1.73. The van der Waals surface area contributed by atoms with Crippen LogP contribution < -0.4 is 5.56 Å². The first-order chi connectivity index (χ1) is 8.39. The summed E-state index contributed by atoms with van der Waals surface area (Å²) in [6, 6.07) is 6.52. The second kappa shape index (κ2) is 4.33. The minimum atomic E-state index is -4.38. The SMILES string of the molecule is Cc1c(-c2cccc(C(F)(F)F)c2)cc[nH]c1=O. The van der Waals surface area contributed by atoms with Crippen molar-refractivity contribution in [3.8, 4) is 11.1 Å². The van der Waals surface area contributed by atoms with Gasteiger partial charge in [-0.1, -0.05) is 12.1 Å². The van der Waals surface area contributed by atoms with Crippen LogP contribution in [0.5, 0.6) is 0 Å². The summed E-state index contributed by atoms with van der Waals surface area (Å²) in [6.45, 7) is 1.58. The highest BCUT2D eigenvalue weighted by molar-refractivity contribution is 5.67. The van der Waals surface area contributed by atoms with Gasteiger partial charge in [-0.2, -0.15) is 13.2 Å². The summed E-state index contributed by atoms with van der Waals surface area (Å²) in [5.74, 6) is 0. The molecule has 0 spiro atoms. The molecule has 0 bridgehead atoms. The van der Waals surface area contributed by atoms with E-state index in [1.165, 1.54) is 12.3 Å². The number of pyridine rings is 1. The van der Waals surface area contributed by atoms with E-state index in [0.29, 0.717) is 16.7 Å². The smallest absolute Gasteiger partial charge is 0.329 e. The third kappa shape index (κ3) is 2.30. The molecule has 0 aliphatic carbocycles. The van der Waals surface area contributed by atoms with Crippen LogP contribution in [0.1, 0.15) is 11.1 Å². The Morgan fingerprint density at radius 2 is 1.89 bits per heavy atom. The Bertz CT molecular complexity index is 629. The number of hydrogen-bond acceptors (Lipinski definition) is 1. The average Bonchev–Trinajstić information content (AvgIpc) is 2.32. The van der Waals surface area contributed by atoms with Crippen LogP contribution in [-0.2, 0) is 6.18 Å². The van der Waals surface area contributed by atoms with Crippen molar-refractivity contribution in [1.82, 2.24) is 4.98 Å². The molecule has 0 fully saturated rings. The van der Waals surface area contributed by atoms with Gasteiger partial charge in [-0.05, 0) is 36.2 Å². The van der Waals surface area contributed by atoms with E-state index >= 15 is 0 Å². The summed E-state index contributed by atoms with van der Waals surface area (Å²) in [5, 5.41) is 0. The molecule has 0 aliphatic rings. The molecule has 2 nitrogen and oxygen atoms in total. The minimum Gasteiger partial charge on any atom is -0.329 e. The van der Waals surface area contributed by atoms with Crippen LogP contribution in [0.4, 0.5) is 13.2 Å². The third-order valence-corrected chi connectivity index (χ3v) is 2.71. The molecule has 0 unspecified atom stereocenters. The van der Waals surface area contributed by atoms with Gasteiger partial charge in [-0.25, -0.2) is 0 Å². The molecule has 0 saturated carbocycles. The molecule has 0 amide bonds. The highest BCUT2D eigenvalue weighted by Crippen LogP contribution is 2.32. The molecule has 1 aromatic heterocycles. The van der Waals surface area contributed by atoms with Crippen molar-refractivity contribution >= 4 is 0 Å². The number of rotatable bonds is 1. The maximum Gasteiger partial charge on any atom is 0.416 e. The molecule has 0 radical (unpaired) electrons. The Morgan fingerprint density at radius 3 is 2.56 bits per heavy atom. The lowest BCUT2D eigenvalue weighted by Crippen LogP contribution is -2.10. The highest BCUT2D eigenvalue weighted by Gasteiger charge is 2.30. The first-order valence-corrected chi connectivity index (χ1v) is 5.25. The van der Waals surface area contributed by atoms with Crippen molar-refractivity contribution in [3.63, 3.8) is 0 Å². The number of aromatic nitrogens is 1. The van der Waals surface area contributed by atoms with Gasteiger partial charge >= 0.3 is 6.18 Å². The molecule has 94 valence electrons. The van der Waals surface area contributed by atoms with E-state index in [4.69, 9.17) is 0 Å². The zero-order chi connectivity index (χ0) is 13.3. The number of nitrogens with one attached hydrogen (secondary N) is 1. The standard InChI is InChI=1S/C13H10F3NO/c1-8-11(5-6-17-12(8)18)9-3-2-4-10(7-9)13(14,15)16/h2-7H,1H3,(H,17,18). The fourth-order valence-electron chi connectivity index (χ4n) is 1.73. The summed E-state index contributed by atoms with van der Waals surface area (Å²) in [5.41, 5.74) is 0.264. The van der Waals surface area contributed by atoms with Crippen LogP contribution in [0.2, 0.25) is 0 Å². The molecule has 1 N–H and O–H groups in total. The van der Waals surface area contributed by atoms with Crippen molar-refractivity contribution in [3.05, 3.63) is 58.0 Å². The molecular formula is C13H10F3NO. The van der Waals surface area contributed by atoms with E-state index in [2.05, 4.69) is 4.98 Å². The first-order valence-electron chi connectivity index (χ1n) is 5.25. The molecule has 2 rings (SSSR count). The van der Waals surface area contributed by atoms with Crippen molar-refractivity contribution in [2.24, 2.45) is 0 Å². The first kappa shape index (κ1) is 12.4. The maximum atomic E-state index is 12.6. The quantitative estimate of drug-likeness (QED) is 0.830. The zero-order valence-corrected chi connectivity index (χ0v) is 9.51. The molecule has 1 aromatic carbocycles. The Labute approximate surface area is 101 Å². The van der Waals surface area contributed by atoms with Gasteiger partial charge in [0.2, 0.25) is 0 Å². The molecule has 18 heavy (non-hydrogen) atoms. The Hall–Kier alpha value is -2.04. The van der Waals surface area contributed by atoms with Gasteiger partial charge in [0.15, 0.2) is 0 Å². The van der Waals surface area contributed by atoms with Crippen LogP contribution in [-0.4, -0.2) is 4.98 Å². The lowest BCUT2D eigenvalue weighted by atomic mass is 10.0. The lowest BCUT2D eigenvalue weighted by Gasteiger charge is -2.10. The molecular weight excluding hydrogens is 243 g/mol. The summed E-state index contributed by atoms with van der Waals surface area (Å²) in [6.07, 6.45) is -2.96. The average molecular weight is 253 g/mol. The van der Waals surface area contributed by atoms with Gasteiger partial charge in [0.1, 0.15) is 0 Å². The number of aromatic amines is 1. The van der Waals surface area contributed by atoms with Crippen LogP contribution in [0.3, 0.4) is 0 Å². The van der Waals surface area contributed by atoms with E-state index in [1.54, 1.807) is 19.1 Å². The van der Waals surface area contributed by atoms with Gasteiger partial charge in [-0.15, -0.1) is 0 Å². The third-order valence-electron chi connectivity index (χ3n) is 2.71. The Kier molecular flexibility index (Phi) is 2.98. The monoisotopic (exact) mass is 253 g/mol. The van der Waals surface area contributed by atoms with Crippen molar-refractivity contribution in [1.29, 1.82) is 0 Å². The summed E-state index contributed by atoms with van der Waals surface area (Å²) in [7, 11) is 0. The van der Waals surface area contributed by atoms with E-state index in [-0.39, 0.29) is 5.56 Å². The highest BCUT2D eigenvalue weighted by atomic mass is 19.4. The second-order valence-electron chi connectivity index (χ2n) is 3.92. The number of hydrogen-bond donors (Lipinski definition) is 1. The maximum absolute atomic E-state index is 12.6. The minimum absolute atomic E-state index is 0.301. The second-order valence-corrected chi connectivity index (χ2v) is 3.92. The summed E-state index contributed by atoms with van der Waals surface area (Å²) >= 11 is 0. The summed E-state index contributed by atoms with van der Waals surface area (Å²) in [4.78, 5) is 13.9. The molecule has 2 aromatic rings. The van der Waals surface area contributed by atoms with Crippen molar-refractivity contribution in [2.75, 3.05) is 0 Å². The number of halogens is 3. The molecule has 0 atom stereocenters. The van der Waals surface area contributed by atoms with Crippen LogP contribution in [0, 0.1) is 6.92 Å². The van der Waals surface area contributed by atoms with Gasteiger partial charge in [0.25, 0.3) is 5.56 Å². The van der Waals surface area contributed by atoms with Crippen molar-refractivity contribution in [2.45, 2.75) is 13.1 Å². The fraction of sp³-hybridized carbons (Fsp3) is 0.154. The van der Waals surface area contributed by atoms with Crippen LogP contribution in [0.25, 0.3) is 11.1 Å². The van der Waals surface area contributed by atoms with E-state index < -0.39 is 11.7 Å². The zero-order valence-electron chi connectivity index (χ0n) is 9.51. The lowest BCUT2D eigenvalue weighted by molar-refractivity contribution is -0.137. The van der Waals surface area contributed by atoms with Crippen molar-refractivity contribution < 1.29 is 13.2 Å². The summed E-state index contributed by atoms with van der Waals surface area (Å²) < 4.78 is 37.8. The van der Waals surface area contributed by atoms with Gasteiger partial charge in [0.05, 0.1) is 5.56 Å². The molecule has 0 saturated heterocycles. The van der Waals surface area contributed by atoms with Gasteiger partial charge in [-0.3, -0.25) is 4.79 Å². The molecule has 5 heteroatoms. The Morgan fingerprint density at radius 1 is 1.17 bits per heavy atom. The molecule has 1 heterocycles. The number of alkyl halides is 3. The van der Waals surface area contributed by atoms with Gasteiger partial charge < -0.3 is 4.98 Å². The number of H-pyrrole nitrogens is 1. The predicted octanol–water partition coefficient (Wildman–Crippen LogP) is 3.37. The van der Waals surface area contributed by atoms with Gasteiger partial charge in [0, 0.05) is 11.8 Å². The predicted molar refractivity (Wildman–Crippen MR) is 62.2 cm³/mol. The van der Waals surface area contributed by atoms with E-state index in [0.717, 1.165) is 12.1 Å². The topological polar surface area (TPSA) is 32.9 Å². The van der Waals surface area contributed by atoms with Crippen LogP contribution in [0.15, 0.2) is 41.3 Å². The largest absolute Gasteiger partial charge is 0.416 e. The molecule has 0 aliphatic heterocycles.